The number of primary amides is 1. The van der Waals surface area contributed by atoms with E-state index in [0.29, 0.717) is 30.2 Å². The number of carbonyl (C=O) groups excluding carboxylic acids is 2. The van der Waals surface area contributed by atoms with E-state index in [0.717, 1.165) is 12.8 Å². The number of hydrogen-bond acceptors (Lipinski definition) is 7. The second kappa shape index (κ2) is 7.26. The summed E-state index contributed by atoms with van der Waals surface area (Å²) in [6.45, 7) is 1.69. The van der Waals surface area contributed by atoms with E-state index >= 15 is 0 Å². The number of carbonyl (C=O) groups is 2. The van der Waals surface area contributed by atoms with Crippen molar-refractivity contribution in [2.75, 3.05) is 5.01 Å². The molecule has 0 saturated heterocycles. The lowest BCUT2D eigenvalue weighted by Gasteiger charge is -2.26. The molecule has 1 aromatic heterocycles. The van der Waals surface area contributed by atoms with E-state index in [1.165, 1.54) is 29.3 Å². The van der Waals surface area contributed by atoms with Crippen LogP contribution in [0.5, 0.6) is 0 Å². The van der Waals surface area contributed by atoms with E-state index in [2.05, 4.69) is 20.6 Å². The third-order valence-corrected chi connectivity index (χ3v) is 5.36. The molecule has 1 aliphatic heterocycles. The van der Waals surface area contributed by atoms with Gasteiger partial charge in [-0.3, -0.25) is 14.6 Å². The van der Waals surface area contributed by atoms with Crippen LogP contribution >= 0.6 is 0 Å². The molecule has 1 atom stereocenters. The van der Waals surface area contributed by atoms with Crippen molar-refractivity contribution in [1.29, 1.82) is 0 Å². The molecule has 29 heavy (non-hydrogen) atoms. The van der Waals surface area contributed by atoms with Crippen LogP contribution in [0, 0.1) is 12.7 Å². The van der Waals surface area contributed by atoms with E-state index in [-0.39, 0.29) is 12.1 Å². The lowest BCUT2D eigenvalue weighted by molar-refractivity contribution is -0.119. The van der Waals surface area contributed by atoms with Crippen molar-refractivity contribution in [2.24, 2.45) is 10.8 Å². The number of hydrazone groups is 1. The Labute approximate surface area is 166 Å². The summed E-state index contributed by atoms with van der Waals surface area (Å²) >= 11 is 0. The number of halogens is 1. The summed E-state index contributed by atoms with van der Waals surface area (Å²) < 4.78 is 18.3. The van der Waals surface area contributed by atoms with Crippen LogP contribution in [-0.4, -0.2) is 33.7 Å². The molecule has 152 valence electrons. The number of nitrogens with zero attached hydrogens (tertiary/aromatic N) is 4. The molecule has 2 aromatic rings. The van der Waals surface area contributed by atoms with Crippen LogP contribution in [0.15, 0.2) is 33.9 Å². The van der Waals surface area contributed by atoms with Crippen LogP contribution in [0.2, 0.25) is 0 Å². The topological polar surface area (TPSA) is 127 Å². The highest BCUT2D eigenvalue weighted by Gasteiger charge is 2.43. The Hall–Kier alpha value is -3.30. The highest BCUT2D eigenvalue weighted by atomic mass is 19.1. The zero-order valence-electron chi connectivity index (χ0n) is 15.9. The monoisotopic (exact) mass is 400 g/mol. The van der Waals surface area contributed by atoms with Crippen molar-refractivity contribution < 1.29 is 18.5 Å². The smallest absolute Gasteiger partial charge is 0.268 e. The molecule has 1 saturated carbocycles. The maximum absolute atomic E-state index is 13.2. The first-order chi connectivity index (χ1) is 13.9. The lowest BCUT2D eigenvalue weighted by atomic mass is 9.95. The molecule has 2 aliphatic rings. The predicted molar refractivity (Wildman–Crippen MR) is 101 cm³/mol. The minimum Gasteiger partial charge on any atom is -0.368 e. The molecule has 1 unspecified atom stereocenters. The Morgan fingerprint density at radius 2 is 1.97 bits per heavy atom. The summed E-state index contributed by atoms with van der Waals surface area (Å²) in [5.41, 5.74) is 5.44. The van der Waals surface area contributed by atoms with Crippen molar-refractivity contribution in [3.8, 4) is 0 Å². The second-order valence-electron chi connectivity index (χ2n) is 7.37. The number of benzene rings is 1. The SMILES string of the molecule is Cc1nc(C2(NC(=O)C3=NN(c4ccc(F)cc4)C(C(N)=O)C3)CCCC2)no1. The molecule has 10 heteroatoms. The minimum atomic E-state index is -0.826. The van der Waals surface area contributed by atoms with Gasteiger partial charge in [0.05, 0.1) is 5.69 Å². The van der Waals surface area contributed by atoms with Crippen LogP contribution in [-0.2, 0) is 15.1 Å². The van der Waals surface area contributed by atoms with Crippen LogP contribution in [0.3, 0.4) is 0 Å². The predicted octanol–water partition coefficient (Wildman–Crippen LogP) is 1.52. The first kappa shape index (κ1) is 19.0. The first-order valence-corrected chi connectivity index (χ1v) is 9.43. The molecule has 1 aromatic carbocycles. The number of aryl methyl sites for hydroxylation is 1. The van der Waals surface area contributed by atoms with Crippen molar-refractivity contribution in [1.82, 2.24) is 15.5 Å². The van der Waals surface area contributed by atoms with Gasteiger partial charge >= 0.3 is 0 Å². The molecular weight excluding hydrogens is 379 g/mol. The molecule has 2 amide bonds. The van der Waals surface area contributed by atoms with Gasteiger partial charge in [-0.15, -0.1) is 0 Å². The zero-order chi connectivity index (χ0) is 20.6. The summed E-state index contributed by atoms with van der Waals surface area (Å²) in [5.74, 6) is -0.573. The molecule has 0 radical (unpaired) electrons. The van der Waals surface area contributed by atoms with Gasteiger partial charge in [-0.05, 0) is 37.1 Å². The molecule has 4 rings (SSSR count). The summed E-state index contributed by atoms with van der Waals surface area (Å²) in [6, 6.07) is 4.65. The summed E-state index contributed by atoms with van der Waals surface area (Å²) in [4.78, 5) is 29.2. The van der Waals surface area contributed by atoms with Gasteiger partial charge in [0.2, 0.25) is 11.8 Å². The highest BCUT2D eigenvalue weighted by Crippen LogP contribution is 2.37. The quantitative estimate of drug-likeness (QED) is 0.784. The van der Waals surface area contributed by atoms with Crippen LogP contribution in [0.1, 0.15) is 43.8 Å². The van der Waals surface area contributed by atoms with Gasteiger partial charge in [0.15, 0.2) is 5.82 Å². The molecular formula is C19H21FN6O3. The Kier molecular flexibility index (Phi) is 4.77. The summed E-state index contributed by atoms with van der Waals surface area (Å²) in [6.07, 6.45) is 3.27. The van der Waals surface area contributed by atoms with Crippen molar-refractivity contribution in [3.05, 3.63) is 41.8 Å². The number of rotatable bonds is 5. The Morgan fingerprint density at radius 1 is 1.28 bits per heavy atom. The first-order valence-electron chi connectivity index (χ1n) is 9.43. The second-order valence-corrected chi connectivity index (χ2v) is 7.37. The van der Waals surface area contributed by atoms with Crippen molar-refractivity contribution in [2.45, 2.75) is 50.6 Å². The van der Waals surface area contributed by atoms with Gasteiger partial charge in [0.25, 0.3) is 5.91 Å². The van der Waals surface area contributed by atoms with Gasteiger partial charge in [0, 0.05) is 13.3 Å². The molecule has 0 spiro atoms. The third kappa shape index (κ3) is 3.57. The molecule has 3 N–H and O–H groups in total. The molecule has 1 fully saturated rings. The lowest BCUT2D eigenvalue weighted by Crippen LogP contribution is -2.47. The minimum absolute atomic E-state index is 0.0555. The fourth-order valence-corrected chi connectivity index (χ4v) is 3.87. The van der Waals surface area contributed by atoms with Crippen molar-refractivity contribution in [3.63, 3.8) is 0 Å². The number of nitrogens with two attached hydrogens (primary N) is 1. The van der Waals surface area contributed by atoms with Gasteiger partial charge in [-0.1, -0.05) is 18.0 Å². The van der Waals surface area contributed by atoms with Crippen LogP contribution < -0.4 is 16.1 Å². The van der Waals surface area contributed by atoms with E-state index < -0.39 is 29.2 Å². The highest BCUT2D eigenvalue weighted by molar-refractivity contribution is 6.40. The maximum atomic E-state index is 13.2. The van der Waals surface area contributed by atoms with Crippen LogP contribution in [0.4, 0.5) is 10.1 Å². The van der Waals surface area contributed by atoms with Gasteiger partial charge in [-0.25, -0.2) is 4.39 Å². The van der Waals surface area contributed by atoms with E-state index in [1.807, 2.05) is 0 Å². The molecule has 2 heterocycles. The Bertz CT molecular complexity index is 965. The number of amides is 2. The van der Waals surface area contributed by atoms with E-state index in [9.17, 15) is 14.0 Å². The van der Waals surface area contributed by atoms with Crippen LogP contribution in [0.25, 0.3) is 0 Å². The van der Waals surface area contributed by atoms with E-state index in [4.69, 9.17) is 10.3 Å². The summed E-state index contributed by atoms with van der Waals surface area (Å²) in [5, 5.41) is 12.7. The Balaban J connectivity index is 1.59. The third-order valence-electron chi connectivity index (χ3n) is 5.36. The van der Waals surface area contributed by atoms with Gasteiger partial charge in [-0.2, -0.15) is 10.1 Å². The number of nitrogens with one attached hydrogen (secondary N) is 1. The zero-order valence-corrected chi connectivity index (χ0v) is 15.9. The normalized spacial score (nSPS) is 20.6. The number of aromatic nitrogens is 2. The maximum Gasteiger partial charge on any atom is 0.268 e. The van der Waals surface area contributed by atoms with E-state index in [1.54, 1.807) is 6.92 Å². The largest absolute Gasteiger partial charge is 0.368 e. The standard InChI is InChI=1S/C19H21FN6O3/c1-11-22-18(25-29-11)19(8-2-3-9-19)23-17(28)14-10-15(16(21)27)26(24-14)13-6-4-12(20)5-7-13/h4-7,15H,2-3,8-10H2,1H3,(H2,21,27)(H,23,28). The van der Waals surface area contributed by atoms with Gasteiger partial charge in [0.1, 0.15) is 23.1 Å². The summed E-state index contributed by atoms with van der Waals surface area (Å²) in [7, 11) is 0. The molecule has 1 aliphatic carbocycles. The Morgan fingerprint density at radius 3 is 2.55 bits per heavy atom. The van der Waals surface area contributed by atoms with Crippen molar-refractivity contribution >= 4 is 23.2 Å². The fraction of sp³-hybridized carbons (Fsp3) is 0.421. The molecule has 9 nitrogen and oxygen atoms in total. The average molecular weight is 400 g/mol. The average Bonchev–Trinajstić information content (AvgIpc) is 3.42. The number of hydrogen-bond donors (Lipinski definition) is 2. The molecule has 0 bridgehead atoms. The fourth-order valence-electron chi connectivity index (χ4n) is 3.87. The number of anilines is 1. The van der Waals surface area contributed by atoms with Gasteiger partial charge < -0.3 is 15.6 Å².